The third-order valence-electron chi connectivity index (χ3n) is 4.00. The van der Waals surface area contributed by atoms with Crippen molar-refractivity contribution in [2.24, 2.45) is 0 Å². The van der Waals surface area contributed by atoms with Crippen LogP contribution in [-0.4, -0.2) is 32.9 Å². The lowest BCUT2D eigenvalue weighted by Crippen LogP contribution is -2.19. The zero-order valence-electron chi connectivity index (χ0n) is 13.5. The van der Waals surface area contributed by atoms with E-state index in [1.165, 1.54) is 18.2 Å². The first kappa shape index (κ1) is 17.8. The zero-order chi connectivity index (χ0) is 19.7. The number of nitrogens with zero attached hydrogens (tertiary/aromatic N) is 1. The number of nitro benzene ring substituents is 1. The fraction of sp³-hybridized carbons (Fsp3) is 0.0556. The molecule has 27 heavy (non-hydrogen) atoms. The van der Waals surface area contributed by atoms with Crippen LogP contribution in [0.15, 0.2) is 48.6 Å². The summed E-state index contributed by atoms with van der Waals surface area (Å²) in [5.74, 6) is -1.63. The normalized spacial score (nSPS) is 13.8. The summed E-state index contributed by atoms with van der Waals surface area (Å²) in [5.41, 5.74) is -0.379. The van der Waals surface area contributed by atoms with E-state index >= 15 is 0 Å². The maximum atomic E-state index is 12.3. The van der Waals surface area contributed by atoms with E-state index in [0.29, 0.717) is 0 Å². The number of carbonyl (C=O) groups is 3. The van der Waals surface area contributed by atoms with Crippen LogP contribution < -0.4 is 0 Å². The van der Waals surface area contributed by atoms with E-state index in [4.69, 9.17) is 9.84 Å². The van der Waals surface area contributed by atoms with Crippen molar-refractivity contribution in [2.75, 3.05) is 0 Å². The topological polar surface area (TPSA) is 144 Å². The number of aromatic hydroxyl groups is 1. The molecule has 0 saturated carbocycles. The Balaban J connectivity index is 2.19. The monoisotopic (exact) mass is 369 g/mol. The van der Waals surface area contributed by atoms with Crippen LogP contribution in [0.3, 0.4) is 0 Å². The summed E-state index contributed by atoms with van der Waals surface area (Å²) in [6.07, 6.45) is -0.958. The second-order valence-electron chi connectivity index (χ2n) is 5.60. The highest BCUT2D eigenvalue weighted by Gasteiger charge is 2.31. The molecular weight excluding hydrogens is 358 g/mol. The van der Waals surface area contributed by atoms with Gasteiger partial charge in [-0.2, -0.15) is 0 Å². The summed E-state index contributed by atoms with van der Waals surface area (Å²) in [5, 5.41) is 29.8. The van der Waals surface area contributed by atoms with Gasteiger partial charge in [0.1, 0.15) is 5.75 Å². The number of fused-ring (bicyclic) bond motifs is 1. The Morgan fingerprint density at radius 1 is 1.00 bits per heavy atom. The van der Waals surface area contributed by atoms with E-state index in [0.717, 1.165) is 30.4 Å². The molecule has 0 aliphatic heterocycles. The molecule has 9 nitrogen and oxygen atoms in total. The average Bonchev–Trinajstić information content (AvgIpc) is 2.63. The first-order chi connectivity index (χ1) is 12.8. The van der Waals surface area contributed by atoms with Crippen LogP contribution in [0.4, 0.5) is 10.5 Å². The van der Waals surface area contributed by atoms with Crippen LogP contribution in [0.5, 0.6) is 5.75 Å². The fourth-order valence-electron chi connectivity index (χ4n) is 2.84. The largest absolute Gasteiger partial charge is 0.507 e. The van der Waals surface area contributed by atoms with E-state index in [2.05, 4.69) is 0 Å². The molecule has 0 spiro atoms. The number of rotatable bonds is 4. The molecule has 2 aromatic rings. The summed E-state index contributed by atoms with van der Waals surface area (Å²) in [7, 11) is 0. The lowest BCUT2D eigenvalue weighted by Gasteiger charge is -2.22. The third kappa shape index (κ3) is 3.25. The first-order valence-electron chi connectivity index (χ1n) is 7.56. The molecule has 0 aromatic heterocycles. The van der Waals surface area contributed by atoms with Gasteiger partial charge in [-0.1, -0.05) is 6.07 Å². The number of phenolic OH excluding ortho intramolecular Hbond substituents is 1. The van der Waals surface area contributed by atoms with Gasteiger partial charge < -0.3 is 14.9 Å². The second-order valence-corrected chi connectivity index (χ2v) is 5.60. The second kappa shape index (κ2) is 6.71. The van der Waals surface area contributed by atoms with Crippen molar-refractivity contribution in [3.8, 4) is 5.75 Å². The van der Waals surface area contributed by atoms with Crippen molar-refractivity contribution in [1.29, 1.82) is 0 Å². The molecule has 136 valence electrons. The third-order valence-corrected chi connectivity index (χ3v) is 4.00. The van der Waals surface area contributed by atoms with E-state index in [1.54, 1.807) is 0 Å². The minimum absolute atomic E-state index is 0.0433. The molecule has 0 amide bonds. The smallest absolute Gasteiger partial charge is 0.506 e. The molecule has 1 unspecified atom stereocenters. The van der Waals surface area contributed by atoms with Gasteiger partial charge in [0.2, 0.25) is 0 Å². The van der Waals surface area contributed by atoms with Gasteiger partial charge >= 0.3 is 6.16 Å². The molecule has 1 aliphatic rings. The van der Waals surface area contributed by atoms with Crippen LogP contribution >= 0.6 is 0 Å². The van der Waals surface area contributed by atoms with Crippen LogP contribution in [0.25, 0.3) is 0 Å². The Morgan fingerprint density at radius 3 is 2.15 bits per heavy atom. The Kier molecular flexibility index (Phi) is 4.43. The highest BCUT2D eigenvalue weighted by Crippen LogP contribution is 2.36. The number of carboxylic acid groups (broad SMARTS) is 1. The fourth-order valence-corrected chi connectivity index (χ4v) is 2.84. The van der Waals surface area contributed by atoms with Crippen LogP contribution in [0.1, 0.15) is 37.9 Å². The lowest BCUT2D eigenvalue weighted by molar-refractivity contribution is -0.384. The molecule has 2 N–H and O–H groups in total. The quantitative estimate of drug-likeness (QED) is 0.475. The molecule has 0 fully saturated rings. The van der Waals surface area contributed by atoms with Crippen molar-refractivity contribution in [3.63, 3.8) is 0 Å². The van der Waals surface area contributed by atoms with Crippen molar-refractivity contribution in [1.82, 2.24) is 0 Å². The molecule has 0 radical (unpaired) electrons. The van der Waals surface area contributed by atoms with Crippen LogP contribution in [0.2, 0.25) is 0 Å². The van der Waals surface area contributed by atoms with Gasteiger partial charge in [-0.25, -0.2) is 4.79 Å². The molecule has 0 bridgehead atoms. The number of hydrogen-bond donors (Lipinski definition) is 2. The Labute approximate surface area is 151 Å². The summed E-state index contributed by atoms with van der Waals surface area (Å²) in [6.45, 7) is 0. The van der Waals surface area contributed by atoms with Gasteiger partial charge in [0.15, 0.2) is 17.7 Å². The van der Waals surface area contributed by atoms with Crippen LogP contribution in [-0.2, 0) is 4.74 Å². The number of hydrogen-bond acceptors (Lipinski definition) is 7. The van der Waals surface area contributed by atoms with Gasteiger partial charge in [-0.3, -0.25) is 19.7 Å². The summed E-state index contributed by atoms with van der Waals surface area (Å²) in [4.78, 5) is 45.7. The predicted molar refractivity (Wildman–Crippen MR) is 90.0 cm³/mol. The van der Waals surface area contributed by atoms with E-state index in [9.17, 15) is 29.6 Å². The predicted octanol–water partition coefficient (Wildman–Crippen LogP) is 3.02. The molecule has 9 heteroatoms. The summed E-state index contributed by atoms with van der Waals surface area (Å²) >= 11 is 0. The Hall–Kier alpha value is -4.01. The van der Waals surface area contributed by atoms with E-state index < -0.39 is 34.5 Å². The van der Waals surface area contributed by atoms with Gasteiger partial charge in [-0.05, 0) is 35.9 Å². The van der Waals surface area contributed by atoms with Gasteiger partial charge in [0.05, 0.1) is 10.5 Å². The number of ether oxygens (including phenoxy) is 1. The number of phenols is 1. The van der Waals surface area contributed by atoms with E-state index in [1.807, 2.05) is 0 Å². The van der Waals surface area contributed by atoms with Crippen LogP contribution in [0, 0.1) is 10.1 Å². The number of carbonyl (C=O) groups excluding carboxylic acids is 2. The minimum atomic E-state index is -1.65. The Morgan fingerprint density at radius 2 is 1.59 bits per heavy atom. The number of non-ortho nitro benzene ring substituents is 1. The number of benzene rings is 2. The van der Waals surface area contributed by atoms with Gasteiger partial charge in [-0.15, -0.1) is 0 Å². The summed E-state index contributed by atoms with van der Waals surface area (Å²) in [6, 6.07) is 7.32. The number of nitro groups is 1. The maximum Gasteiger partial charge on any atom is 0.506 e. The SMILES string of the molecule is O=C(O)OC(c1ccc([N+](=O)[O-])cc1)c1ccc(O)c2c1C(=O)C=CC2=O. The highest BCUT2D eigenvalue weighted by molar-refractivity contribution is 6.23. The standard InChI is InChI=1S/C18H11NO8/c20-12-7-8-14(22)16-13(21)6-5-11(15(12)16)17(27-18(23)24)9-1-3-10(4-2-9)19(25)26/h1-8,17,21H,(H,23,24). The molecule has 1 atom stereocenters. The average molecular weight is 369 g/mol. The molecule has 3 rings (SSSR count). The van der Waals surface area contributed by atoms with Crippen molar-refractivity contribution in [2.45, 2.75) is 6.10 Å². The van der Waals surface area contributed by atoms with Gasteiger partial charge in [0.25, 0.3) is 5.69 Å². The summed E-state index contributed by atoms with van der Waals surface area (Å²) < 4.78 is 4.89. The van der Waals surface area contributed by atoms with Crippen molar-refractivity contribution < 1.29 is 34.3 Å². The number of allylic oxidation sites excluding steroid dienone is 2. The molecule has 1 aliphatic carbocycles. The minimum Gasteiger partial charge on any atom is -0.507 e. The lowest BCUT2D eigenvalue weighted by atomic mass is 9.86. The molecule has 0 heterocycles. The van der Waals surface area contributed by atoms with Crippen molar-refractivity contribution in [3.05, 3.63) is 80.9 Å². The van der Waals surface area contributed by atoms with Gasteiger partial charge in [0, 0.05) is 23.3 Å². The number of ketones is 2. The first-order valence-corrected chi connectivity index (χ1v) is 7.56. The Bertz CT molecular complexity index is 1010. The highest BCUT2D eigenvalue weighted by atomic mass is 16.7. The zero-order valence-corrected chi connectivity index (χ0v) is 13.5. The van der Waals surface area contributed by atoms with E-state index in [-0.39, 0.29) is 27.9 Å². The molecule has 0 saturated heterocycles. The van der Waals surface area contributed by atoms with Crippen molar-refractivity contribution >= 4 is 23.4 Å². The molecule has 2 aromatic carbocycles. The molecular formula is C18H11NO8. The maximum absolute atomic E-state index is 12.3.